The normalized spacial score (nSPS) is 40.4. The van der Waals surface area contributed by atoms with E-state index in [1.165, 1.54) is 6.42 Å². The third kappa shape index (κ3) is 0.675. The molecule has 0 radical (unpaired) electrons. The third-order valence-corrected chi connectivity index (χ3v) is 12.8. The van der Waals surface area contributed by atoms with Crippen LogP contribution in [-0.4, -0.2) is 17.0 Å². The van der Waals surface area contributed by atoms with E-state index in [0.717, 1.165) is 5.92 Å². The van der Waals surface area contributed by atoms with Gasteiger partial charge >= 0.3 is 82.6 Å². The molecule has 1 saturated heterocycles. The van der Waals surface area contributed by atoms with E-state index in [4.69, 9.17) is 0 Å². The summed E-state index contributed by atoms with van der Waals surface area (Å²) in [6, 6.07) is 0. The number of allylic oxidation sites excluding steroid dienone is 2. The molecule has 0 aliphatic carbocycles. The second-order valence-corrected chi connectivity index (χ2v) is 10.8. The van der Waals surface area contributed by atoms with E-state index in [9.17, 15) is 0 Å². The number of hydrogen-bond donors (Lipinski definition) is 0. The molecular weight excluding hydrogens is 175 g/mol. The van der Waals surface area contributed by atoms with Crippen LogP contribution in [0, 0.1) is 5.92 Å². The third-order valence-electron chi connectivity index (χ3n) is 5.35. The summed E-state index contributed by atoms with van der Waals surface area (Å²) >= 11 is 0. The van der Waals surface area contributed by atoms with Gasteiger partial charge in [0, 0.05) is 0 Å². The zero-order chi connectivity index (χ0) is 10.1. The molecule has 0 saturated carbocycles. The minimum atomic E-state index is -0.993. The van der Waals surface area contributed by atoms with Gasteiger partial charge in [-0.1, -0.05) is 0 Å². The number of rotatable bonds is 2. The van der Waals surface area contributed by atoms with Gasteiger partial charge in [-0.15, -0.1) is 0 Å². The molecule has 0 aromatic rings. The molecule has 0 aromatic carbocycles. The van der Waals surface area contributed by atoms with E-state index in [0.29, 0.717) is 10.3 Å². The second kappa shape index (κ2) is 2.22. The Labute approximate surface area is 83.1 Å². The van der Waals surface area contributed by atoms with Gasteiger partial charge in [-0.25, -0.2) is 0 Å². The Morgan fingerprint density at radius 1 is 1.38 bits per heavy atom. The van der Waals surface area contributed by atoms with Crippen LogP contribution in [0.4, 0.5) is 0 Å². The van der Waals surface area contributed by atoms with Crippen molar-refractivity contribution in [3.63, 3.8) is 0 Å². The van der Waals surface area contributed by atoms with Gasteiger partial charge in [0.15, 0.2) is 0 Å². The standard InChI is InChI=1S/C12H23P/c1-7-12-8-10(9(2)3)13(12,6)11(12,4)5/h8-9,13H,7H2,1-6H3. The Morgan fingerprint density at radius 2 is 1.92 bits per heavy atom. The Bertz CT molecular complexity index is 287. The van der Waals surface area contributed by atoms with Crippen LogP contribution in [0.2, 0.25) is 0 Å². The number of fused-ring (bicyclic) bond motifs is 1. The van der Waals surface area contributed by atoms with Crippen molar-refractivity contribution in [3.05, 3.63) is 11.4 Å². The predicted octanol–water partition coefficient (Wildman–Crippen LogP) is 3.86. The molecule has 13 heavy (non-hydrogen) atoms. The SMILES string of the molecule is CCC12C=C(C(C)C)[PH]1(C)C2(C)C. The Kier molecular flexibility index (Phi) is 1.66. The second-order valence-electron chi connectivity index (χ2n) is 5.83. The van der Waals surface area contributed by atoms with Crippen LogP contribution in [0.1, 0.15) is 41.0 Å². The van der Waals surface area contributed by atoms with Gasteiger partial charge in [0.05, 0.1) is 0 Å². The molecule has 2 aliphatic heterocycles. The van der Waals surface area contributed by atoms with Crippen molar-refractivity contribution in [1.82, 2.24) is 0 Å². The van der Waals surface area contributed by atoms with E-state index in [-0.39, 0.29) is 0 Å². The van der Waals surface area contributed by atoms with Crippen molar-refractivity contribution in [2.45, 2.75) is 51.4 Å². The van der Waals surface area contributed by atoms with Crippen molar-refractivity contribution in [2.75, 3.05) is 6.66 Å². The molecule has 0 spiro atoms. The molecule has 0 aromatic heterocycles. The van der Waals surface area contributed by atoms with Crippen LogP contribution in [0.25, 0.3) is 0 Å². The molecule has 2 aliphatic rings. The fraction of sp³-hybridized carbons (Fsp3) is 0.833. The van der Waals surface area contributed by atoms with Gasteiger partial charge in [0.2, 0.25) is 0 Å². The van der Waals surface area contributed by atoms with Crippen molar-refractivity contribution < 1.29 is 0 Å². The fourth-order valence-corrected chi connectivity index (χ4v) is 11.3. The molecule has 2 rings (SSSR count). The zero-order valence-electron chi connectivity index (χ0n) is 9.86. The summed E-state index contributed by atoms with van der Waals surface area (Å²) in [4.78, 5) is 0. The molecule has 76 valence electrons. The molecule has 2 heterocycles. The maximum atomic E-state index is 2.63. The fourth-order valence-electron chi connectivity index (χ4n) is 4.15. The summed E-state index contributed by atoms with van der Waals surface area (Å²) in [5, 5.41) is 3.20. The number of hydrogen-bond acceptors (Lipinski definition) is 0. The quantitative estimate of drug-likeness (QED) is 0.591. The molecule has 0 nitrogen and oxygen atoms in total. The summed E-state index contributed by atoms with van der Waals surface area (Å²) < 4.78 is 0. The van der Waals surface area contributed by atoms with Crippen molar-refractivity contribution in [2.24, 2.45) is 5.92 Å². The molecular formula is C12H23P. The van der Waals surface area contributed by atoms with E-state index < -0.39 is 7.26 Å². The molecule has 0 bridgehead atoms. The zero-order valence-corrected chi connectivity index (χ0v) is 10.9. The maximum absolute atomic E-state index is 2.63. The van der Waals surface area contributed by atoms with Gasteiger partial charge in [-0.3, -0.25) is 0 Å². The van der Waals surface area contributed by atoms with Crippen molar-refractivity contribution in [1.29, 1.82) is 0 Å². The molecule has 1 atom stereocenters. The van der Waals surface area contributed by atoms with Gasteiger partial charge in [0.25, 0.3) is 0 Å². The van der Waals surface area contributed by atoms with Crippen molar-refractivity contribution in [3.8, 4) is 0 Å². The molecule has 1 heteroatoms. The average molecular weight is 198 g/mol. The Balaban J connectivity index is 2.37. The first-order valence-electron chi connectivity index (χ1n) is 5.58. The first-order valence-corrected chi connectivity index (χ1v) is 8.08. The van der Waals surface area contributed by atoms with Crippen LogP contribution in [0.3, 0.4) is 0 Å². The molecule has 1 unspecified atom stereocenters. The molecule has 0 N–H and O–H groups in total. The van der Waals surface area contributed by atoms with Gasteiger partial charge < -0.3 is 0 Å². The van der Waals surface area contributed by atoms with E-state index >= 15 is 0 Å². The van der Waals surface area contributed by atoms with E-state index in [1.807, 2.05) is 5.31 Å². The predicted molar refractivity (Wildman–Crippen MR) is 64.3 cm³/mol. The summed E-state index contributed by atoms with van der Waals surface area (Å²) in [6.07, 6.45) is 4.00. The summed E-state index contributed by atoms with van der Waals surface area (Å²) in [5.41, 5.74) is 0. The summed E-state index contributed by atoms with van der Waals surface area (Å²) in [7, 11) is -0.993. The molecule has 0 amide bonds. The monoisotopic (exact) mass is 198 g/mol. The van der Waals surface area contributed by atoms with Crippen LogP contribution in [0.5, 0.6) is 0 Å². The Morgan fingerprint density at radius 3 is 2.15 bits per heavy atom. The first-order chi connectivity index (χ1) is 5.85. The summed E-state index contributed by atoms with van der Waals surface area (Å²) in [5.74, 6) is 0.804. The van der Waals surface area contributed by atoms with Crippen LogP contribution in [-0.2, 0) is 0 Å². The topological polar surface area (TPSA) is 0 Å². The minimum absolute atomic E-state index is 0.661. The summed E-state index contributed by atoms with van der Waals surface area (Å²) in [6.45, 7) is 14.7. The first kappa shape index (κ1) is 9.71. The van der Waals surface area contributed by atoms with Crippen molar-refractivity contribution >= 4 is 7.26 Å². The van der Waals surface area contributed by atoms with E-state index in [1.54, 1.807) is 0 Å². The van der Waals surface area contributed by atoms with Gasteiger partial charge in [-0.05, 0) is 0 Å². The Hall–Kier alpha value is 0.170. The average Bonchev–Trinajstić information content (AvgIpc) is 2.26. The van der Waals surface area contributed by atoms with Crippen LogP contribution < -0.4 is 0 Å². The molecule has 1 fully saturated rings. The van der Waals surface area contributed by atoms with Gasteiger partial charge in [0.1, 0.15) is 0 Å². The van der Waals surface area contributed by atoms with Crippen LogP contribution >= 0.6 is 7.26 Å². The van der Waals surface area contributed by atoms with E-state index in [2.05, 4.69) is 47.4 Å². The van der Waals surface area contributed by atoms with Gasteiger partial charge in [-0.2, -0.15) is 0 Å². The van der Waals surface area contributed by atoms with Crippen LogP contribution in [0.15, 0.2) is 11.4 Å².